The third kappa shape index (κ3) is 4.92. The maximum Gasteiger partial charge on any atom is 0.251 e. The zero-order chi connectivity index (χ0) is 17.6. The monoisotopic (exact) mass is 447 g/mol. The molecule has 1 amide bonds. The van der Waals surface area contributed by atoms with Crippen LogP contribution in [-0.4, -0.2) is 23.0 Å². The van der Waals surface area contributed by atoms with Crippen LogP contribution in [0.15, 0.2) is 42.6 Å². The number of benzene rings is 1. The molecule has 1 fully saturated rings. The topological polar surface area (TPSA) is 75.0 Å². The van der Waals surface area contributed by atoms with Crippen molar-refractivity contribution < 1.29 is 9.53 Å². The number of halogens is 1. The summed E-state index contributed by atoms with van der Waals surface area (Å²) in [6, 6.07) is 13.2. The van der Waals surface area contributed by atoms with Gasteiger partial charge in [0.1, 0.15) is 12.2 Å². The Balaban J connectivity index is 1.47. The number of ether oxygens (including phenoxy) is 1. The Labute approximate surface area is 160 Å². The zero-order valence-corrected chi connectivity index (χ0v) is 15.8. The van der Waals surface area contributed by atoms with Gasteiger partial charge >= 0.3 is 0 Å². The van der Waals surface area contributed by atoms with E-state index < -0.39 is 0 Å². The van der Waals surface area contributed by atoms with Crippen molar-refractivity contribution in [1.82, 2.24) is 10.3 Å². The largest absolute Gasteiger partial charge is 0.474 e. The Kier molecular flexibility index (Phi) is 5.87. The molecule has 0 unspecified atom stereocenters. The lowest BCUT2D eigenvalue weighted by Crippen LogP contribution is -2.39. The second kappa shape index (κ2) is 8.30. The number of rotatable bonds is 4. The molecule has 1 heterocycles. The van der Waals surface area contributed by atoms with Crippen molar-refractivity contribution >= 4 is 28.5 Å². The van der Waals surface area contributed by atoms with E-state index in [1.54, 1.807) is 12.1 Å². The van der Waals surface area contributed by atoms with Crippen LogP contribution < -0.4 is 10.1 Å². The highest BCUT2D eigenvalue weighted by Crippen LogP contribution is 2.23. The molecule has 0 radical (unpaired) electrons. The second-order valence-electron chi connectivity index (χ2n) is 6.07. The van der Waals surface area contributed by atoms with Crippen molar-refractivity contribution in [3.63, 3.8) is 0 Å². The van der Waals surface area contributed by atoms with Crippen LogP contribution in [0.4, 0.5) is 0 Å². The quantitative estimate of drug-likeness (QED) is 0.726. The number of nitrogens with one attached hydrogen (secondary N) is 1. The summed E-state index contributed by atoms with van der Waals surface area (Å²) >= 11 is 2.22. The summed E-state index contributed by atoms with van der Waals surface area (Å²) in [6.45, 7) is 0. The normalized spacial score (nSPS) is 19.7. The number of hydrogen-bond acceptors (Lipinski definition) is 4. The molecule has 128 valence electrons. The van der Waals surface area contributed by atoms with E-state index in [4.69, 9.17) is 10.00 Å². The molecule has 1 aromatic heterocycles. The number of aromatic nitrogens is 1. The summed E-state index contributed by atoms with van der Waals surface area (Å²) in [7, 11) is 0. The maximum absolute atomic E-state index is 12.3. The lowest BCUT2D eigenvalue weighted by molar-refractivity contribution is 0.0890. The van der Waals surface area contributed by atoms with E-state index in [9.17, 15) is 4.79 Å². The van der Waals surface area contributed by atoms with Gasteiger partial charge in [-0.3, -0.25) is 4.79 Å². The molecule has 2 aromatic rings. The number of nitriles is 1. The molecule has 1 N–H and O–H groups in total. The highest BCUT2D eigenvalue weighted by molar-refractivity contribution is 14.1. The second-order valence-corrected chi connectivity index (χ2v) is 7.31. The van der Waals surface area contributed by atoms with Crippen LogP contribution >= 0.6 is 22.6 Å². The van der Waals surface area contributed by atoms with Gasteiger partial charge in [-0.05, 0) is 78.6 Å². The number of amides is 1. The van der Waals surface area contributed by atoms with Crippen LogP contribution in [0.3, 0.4) is 0 Å². The van der Waals surface area contributed by atoms with Crippen molar-refractivity contribution in [3.05, 3.63) is 57.3 Å². The molecule has 25 heavy (non-hydrogen) atoms. The standard InChI is InChI=1S/C19H18IN3O2/c20-15-4-2-14(3-5-15)19(24)23-16-6-8-17(9-7-16)25-18-10-1-13(11-21)12-22-18/h1-5,10,12,16-17H,6-9H2,(H,23,24). The Morgan fingerprint density at radius 1 is 1.16 bits per heavy atom. The fourth-order valence-electron chi connectivity index (χ4n) is 2.88. The highest BCUT2D eigenvalue weighted by Gasteiger charge is 2.24. The minimum atomic E-state index is -0.0190. The lowest BCUT2D eigenvalue weighted by Gasteiger charge is -2.29. The number of pyridine rings is 1. The first-order valence-corrected chi connectivity index (χ1v) is 9.31. The summed E-state index contributed by atoms with van der Waals surface area (Å²) in [5, 5.41) is 11.9. The molecule has 0 atom stereocenters. The molecule has 1 saturated carbocycles. The van der Waals surface area contributed by atoms with Gasteiger partial charge in [-0.15, -0.1) is 0 Å². The van der Waals surface area contributed by atoms with Gasteiger partial charge in [0.05, 0.1) is 5.56 Å². The van der Waals surface area contributed by atoms with Crippen molar-refractivity contribution in [2.75, 3.05) is 0 Å². The van der Waals surface area contributed by atoms with Gasteiger partial charge in [-0.2, -0.15) is 5.26 Å². The lowest BCUT2D eigenvalue weighted by atomic mass is 9.92. The Morgan fingerprint density at radius 3 is 2.48 bits per heavy atom. The molecule has 1 aliphatic rings. The average molecular weight is 447 g/mol. The van der Waals surface area contributed by atoms with Crippen molar-refractivity contribution in [3.8, 4) is 11.9 Å². The van der Waals surface area contributed by atoms with Crippen LogP contribution in [0.1, 0.15) is 41.6 Å². The summed E-state index contributed by atoms with van der Waals surface area (Å²) in [5.74, 6) is 0.528. The van der Waals surface area contributed by atoms with Crippen LogP contribution in [0, 0.1) is 14.9 Å². The first-order valence-electron chi connectivity index (χ1n) is 8.23. The molecule has 5 nitrogen and oxygen atoms in total. The number of carbonyl (C=O) groups is 1. The SMILES string of the molecule is N#Cc1ccc(OC2CCC(NC(=O)c3ccc(I)cc3)CC2)nc1. The van der Waals surface area contributed by atoms with E-state index in [1.165, 1.54) is 6.20 Å². The first-order chi connectivity index (χ1) is 12.1. The minimum absolute atomic E-state index is 0.0190. The molecular weight excluding hydrogens is 429 g/mol. The van der Waals surface area contributed by atoms with E-state index in [0.717, 1.165) is 29.3 Å². The van der Waals surface area contributed by atoms with Crippen LogP contribution in [0.25, 0.3) is 0 Å². The van der Waals surface area contributed by atoms with E-state index in [-0.39, 0.29) is 18.1 Å². The number of nitrogens with zero attached hydrogens (tertiary/aromatic N) is 2. The van der Waals surface area contributed by atoms with Gasteiger partial charge in [0.2, 0.25) is 5.88 Å². The van der Waals surface area contributed by atoms with Crippen molar-refractivity contribution in [2.24, 2.45) is 0 Å². The Hall–Kier alpha value is -2.14. The first kappa shape index (κ1) is 17.7. The third-order valence-electron chi connectivity index (χ3n) is 4.27. The Morgan fingerprint density at radius 2 is 1.88 bits per heavy atom. The van der Waals surface area contributed by atoms with Crippen molar-refractivity contribution in [1.29, 1.82) is 5.26 Å². The molecule has 0 spiro atoms. The number of hydrogen-bond donors (Lipinski definition) is 1. The Bertz CT molecular complexity index is 761. The van der Waals surface area contributed by atoms with Crippen LogP contribution in [0.5, 0.6) is 5.88 Å². The smallest absolute Gasteiger partial charge is 0.251 e. The molecule has 1 aromatic carbocycles. The van der Waals surface area contributed by atoms with E-state index >= 15 is 0 Å². The van der Waals surface area contributed by atoms with Gasteiger partial charge in [0.25, 0.3) is 5.91 Å². The predicted octanol–water partition coefficient (Wildman–Crippen LogP) is 3.68. The maximum atomic E-state index is 12.3. The summed E-state index contributed by atoms with van der Waals surface area (Å²) in [4.78, 5) is 16.4. The zero-order valence-electron chi connectivity index (χ0n) is 13.6. The van der Waals surface area contributed by atoms with Crippen molar-refractivity contribution in [2.45, 2.75) is 37.8 Å². The third-order valence-corrected chi connectivity index (χ3v) is 4.99. The fourth-order valence-corrected chi connectivity index (χ4v) is 3.24. The molecule has 3 rings (SSSR count). The molecule has 6 heteroatoms. The fraction of sp³-hybridized carbons (Fsp3) is 0.316. The molecule has 0 aliphatic heterocycles. The van der Waals surface area contributed by atoms with Gasteiger partial charge in [-0.1, -0.05) is 0 Å². The molecule has 0 saturated heterocycles. The molecular formula is C19H18IN3O2. The van der Waals surface area contributed by atoms with Gasteiger partial charge < -0.3 is 10.1 Å². The molecule has 1 aliphatic carbocycles. The van der Waals surface area contributed by atoms with Gasteiger partial charge in [-0.25, -0.2) is 4.98 Å². The van der Waals surface area contributed by atoms with E-state index in [2.05, 4.69) is 32.9 Å². The van der Waals surface area contributed by atoms with Gasteiger partial charge in [0, 0.05) is 27.4 Å². The average Bonchev–Trinajstić information content (AvgIpc) is 2.64. The van der Waals surface area contributed by atoms with Crippen LogP contribution in [0.2, 0.25) is 0 Å². The summed E-state index contributed by atoms with van der Waals surface area (Å²) in [6.07, 6.45) is 5.14. The summed E-state index contributed by atoms with van der Waals surface area (Å²) < 4.78 is 6.99. The predicted molar refractivity (Wildman–Crippen MR) is 102 cm³/mol. The molecule has 0 bridgehead atoms. The number of carbonyl (C=O) groups excluding carboxylic acids is 1. The van der Waals surface area contributed by atoms with E-state index in [1.807, 2.05) is 30.3 Å². The summed E-state index contributed by atoms with van der Waals surface area (Å²) in [5.41, 5.74) is 1.22. The highest BCUT2D eigenvalue weighted by atomic mass is 127. The van der Waals surface area contributed by atoms with E-state index in [0.29, 0.717) is 17.0 Å². The minimum Gasteiger partial charge on any atom is -0.474 e. The van der Waals surface area contributed by atoms with Crippen LogP contribution in [-0.2, 0) is 0 Å². The van der Waals surface area contributed by atoms with Gasteiger partial charge in [0.15, 0.2) is 0 Å².